The van der Waals surface area contributed by atoms with E-state index in [1.807, 2.05) is 6.92 Å². The molecule has 0 aliphatic carbocycles. The van der Waals surface area contributed by atoms with Crippen molar-refractivity contribution in [2.45, 2.75) is 24.8 Å². The molecule has 0 radical (unpaired) electrons. The van der Waals surface area contributed by atoms with Gasteiger partial charge in [0.25, 0.3) is 0 Å². The molecule has 2 aromatic carbocycles. The third-order valence-corrected chi connectivity index (χ3v) is 7.90. The average molecular weight is 449 g/mol. The first-order valence-electron chi connectivity index (χ1n) is 8.59. The first-order chi connectivity index (χ1) is 13.7. The topological polar surface area (TPSA) is 106 Å². The van der Waals surface area contributed by atoms with Crippen LogP contribution in [0.1, 0.15) is 16.1 Å². The Morgan fingerprint density at radius 2 is 2.00 bits per heavy atom. The number of aryl methyl sites for hydroxylation is 2. The molecule has 0 bridgehead atoms. The van der Waals surface area contributed by atoms with Crippen molar-refractivity contribution in [1.29, 1.82) is 0 Å². The number of aliphatic imine (C=N–C) groups is 1. The lowest BCUT2D eigenvalue weighted by Crippen LogP contribution is -2.17. The van der Waals surface area contributed by atoms with Crippen molar-refractivity contribution in [1.82, 2.24) is 4.98 Å². The van der Waals surface area contributed by atoms with Crippen molar-refractivity contribution in [3.05, 3.63) is 52.5 Å². The fourth-order valence-electron chi connectivity index (χ4n) is 2.92. The van der Waals surface area contributed by atoms with Crippen molar-refractivity contribution < 1.29 is 22.5 Å². The highest BCUT2D eigenvalue weighted by Crippen LogP contribution is 2.32. The summed E-state index contributed by atoms with van der Waals surface area (Å²) in [6.07, 6.45) is 0. The molecule has 1 aromatic heterocycles. The summed E-state index contributed by atoms with van der Waals surface area (Å²) in [5.41, 5.74) is 2.26. The van der Waals surface area contributed by atoms with Gasteiger partial charge in [0.15, 0.2) is 6.04 Å². The second kappa shape index (κ2) is 7.43. The molecule has 7 nitrogen and oxygen atoms in total. The molecule has 150 valence electrons. The normalized spacial score (nSPS) is 16.8. The third-order valence-electron chi connectivity index (χ3n) is 4.28. The zero-order valence-electron chi connectivity index (χ0n) is 15.4. The lowest BCUT2D eigenvalue weighted by Gasteiger charge is -2.09. The zero-order chi connectivity index (χ0) is 20.8. The van der Waals surface area contributed by atoms with E-state index in [0.717, 1.165) is 10.3 Å². The fourth-order valence-corrected chi connectivity index (χ4v) is 6.14. The number of aromatic nitrogens is 1. The molecular weight excluding hydrogens is 432 g/mol. The number of rotatable bonds is 5. The highest BCUT2D eigenvalue weighted by atomic mass is 32.2. The average Bonchev–Trinajstić information content (AvgIpc) is 3.27. The van der Waals surface area contributed by atoms with Crippen LogP contribution < -0.4 is 4.18 Å². The molecule has 2 heterocycles. The fraction of sp³-hybridized carbons (Fsp3) is 0.211. The lowest BCUT2D eigenvalue weighted by atomic mass is 10.2. The lowest BCUT2D eigenvalue weighted by molar-refractivity contribution is -0.137. The summed E-state index contributed by atoms with van der Waals surface area (Å²) >= 11 is 2.67. The number of benzene rings is 2. The van der Waals surface area contributed by atoms with Crippen LogP contribution in [0.4, 0.5) is 0 Å². The summed E-state index contributed by atoms with van der Waals surface area (Å²) in [6, 6.07) is 9.15. The molecule has 0 amide bonds. The molecule has 0 saturated heterocycles. The van der Waals surface area contributed by atoms with Crippen molar-refractivity contribution in [2.75, 3.05) is 5.75 Å². The quantitative estimate of drug-likeness (QED) is 0.594. The number of nitrogens with zero attached hydrogens (tertiary/aromatic N) is 2. The molecule has 3 aromatic rings. The van der Waals surface area contributed by atoms with E-state index in [1.54, 1.807) is 37.3 Å². The maximum atomic E-state index is 12.7. The highest BCUT2D eigenvalue weighted by molar-refractivity contribution is 8.15. The number of hydrogen-bond acceptors (Lipinski definition) is 8. The van der Waals surface area contributed by atoms with Gasteiger partial charge >= 0.3 is 16.1 Å². The van der Waals surface area contributed by atoms with Crippen LogP contribution in [0.25, 0.3) is 10.2 Å². The van der Waals surface area contributed by atoms with Crippen LogP contribution in [0.5, 0.6) is 5.75 Å². The van der Waals surface area contributed by atoms with Crippen LogP contribution in [-0.2, 0) is 14.9 Å². The first-order valence-corrected chi connectivity index (χ1v) is 11.8. The van der Waals surface area contributed by atoms with E-state index in [-0.39, 0.29) is 10.6 Å². The van der Waals surface area contributed by atoms with Crippen molar-refractivity contribution in [3.63, 3.8) is 0 Å². The van der Waals surface area contributed by atoms with Gasteiger partial charge in [-0.1, -0.05) is 17.7 Å². The molecular formula is C19H16N2O5S3. The van der Waals surface area contributed by atoms with Crippen LogP contribution in [0.3, 0.4) is 0 Å². The van der Waals surface area contributed by atoms with Gasteiger partial charge in [-0.15, -0.1) is 23.1 Å². The highest BCUT2D eigenvalue weighted by Gasteiger charge is 2.27. The molecule has 0 unspecified atom stereocenters. The van der Waals surface area contributed by atoms with Gasteiger partial charge in [-0.3, -0.25) is 4.99 Å². The Kier molecular flexibility index (Phi) is 5.09. The number of thiazole rings is 1. The van der Waals surface area contributed by atoms with Gasteiger partial charge in [0.1, 0.15) is 20.7 Å². The van der Waals surface area contributed by atoms with Gasteiger partial charge in [-0.25, -0.2) is 9.78 Å². The number of carbonyl (C=O) groups is 1. The molecule has 0 spiro atoms. The van der Waals surface area contributed by atoms with Crippen LogP contribution in [0.2, 0.25) is 0 Å². The zero-order valence-corrected chi connectivity index (χ0v) is 17.9. The smallest absolute Gasteiger partial charge is 0.339 e. The summed E-state index contributed by atoms with van der Waals surface area (Å²) in [7, 11) is -3.96. The summed E-state index contributed by atoms with van der Waals surface area (Å²) in [5, 5.41) is 10.3. The van der Waals surface area contributed by atoms with Gasteiger partial charge in [-0.05, 0) is 37.6 Å². The minimum absolute atomic E-state index is 0.129. The Morgan fingerprint density at radius 1 is 1.21 bits per heavy atom. The summed E-state index contributed by atoms with van der Waals surface area (Å²) in [4.78, 5) is 19.9. The number of fused-ring (bicyclic) bond motifs is 1. The molecule has 10 heteroatoms. The minimum Gasteiger partial charge on any atom is -0.480 e. The van der Waals surface area contributed by atoms with Gasteiger partial charge in [0, 0.05) is 11.8 Å². The predicted molar refractivity (Wildman–Crippen MR) is 114 cm³/mol. The second-order valence-corrected chi connectivity index (χ2v) is 10.1. The second-order valence-electron chi connectivity index (χ2n) is 6.55. The van der Waals surface area contributed by atoms with E-state index in [2.05, 4.69) is 9.98 Å². The van der Waals surface area contributed by atoms with Crippen LogP contribution in [0, 0.1) is 13.8 Å². The molecule has 4 rings (SSSR count). The Hall–Kier alpha value is -2.43. The molecule has 1 N–H and O–H groups in total. The number of carboxylic acids is 1. The van der Waals surface area contributed by atoms with Crippen molar-refractivity contribution in [3.8, 4) is 5.75 Å². The monoisotopic (exact) mass is 448 g/mol. The van der Waals surface area contributed by atoms with E-state index in [0.29, 0.717) is 26.9 Å². The van der Waals surface area contributed by atoms with E-state index in [4.69, 9.17) is 9.29 Å². The SMILES string of the molecule is Cc1ccc(S(=O)(=O)Oc2ccc3nc(C4=N[C@@H](C(=O)O)CS4)sc3c2)c(C)c1. The van der Waals surface area contributed by atoms with E-state index >= 15 is 0 Å². The van der Waals surface area contributed by atoms with Gasteiger partial charge in [0.05, 0.1) is 10.2 Å². The summed E-state index contributed by atoms with van der Waals surface area (Å²) < 4.78 is 31.4. The Labute approximate surface area is 175 Å². The Balaban J connectivity index is 1.63. The maximum absolute atomic E-state index is 12.7. The van der Waals surface area contributed by atoms with Gasteiger partial charge < -0.3 is 9.29 Å². The molecule has 0 saturated carbocycles. The maximum Gasteiger partial charge on any atom is 0.339 e. The third kappa shape index (κ3) is 4.00. The molecule has 29 heavy (non-hydrogen) atoms. The Bertz CT molecular complexity index is 1260. The Morgan fingerprint density at radius 3 is 2.69 bits per heavy atom. The number of aliphatic carboxylic acids is 1. The van der Waals surface area contributed by atoms with Crippen LogP contribution >= 0.6 is 23.1 Å². The largest absolute Gasteiger partial charge is 0.480 e. The predicted octanol–water partition coefficient (Wildman–Crippen LogP) is 3.63. The van der Waals surface area contributed by atoms with E-state index in [1.165, 1.54) is 29.2 Å². The van der Waals surface area contributed by atoms with Crippen molar-refractivity contribution >= 4 is 54.4 Å². The molecule has 1 aliphatic heterocycles. The number of carboxylic acid groups (broad SMARTS) is 1. The summed E-state index contributed by atoms with van der Waals surface area (Å²) in [6.45, 7) is 3.62. The van der Waals surface area contributed by atoms with Crippen molar-refractivity contribution in [2.24, 2.45) is 4.99 Å². The van der Waals surface area contributed by atoms with E-state index in [9.17, 15) is 13.2 Å². The number of hydrogen-bond donors (Lipinski definition) is 1. The minimum atomic E-state index is -3.96. The number of thioether (sulfide) groups is 1. The first kappa shape index (κ1) is 19.9. The molecule has 1 aliphatic rings. The van der Waals surface area contributed by atoms with Crippen LogP contribution in [-0.4, -0.2) is 41.3 Å². The van der Waals surface area contributed by atoms with Gasteiger partial charge in [-0.2, -0.15) is 8.42 Å². The van der Waals surface area contributed by atoms with Crippen LogP contribution in [0.15, 0.2) is 46.3 Å². The molecule has 1 atom stereocenters. The van der Waals surface area contributed by atoms with E-state index < -0.39 is 22.1 Å². The summed E-state index contributed by atoms with van der Waals surface area (Å²) in [5.74, 6) is -0.388. The van der Waals surface area contributed by atoms with Gasteiger partial charge in [0.2, 0.25) is 0 Å². The standard InChI is InChI=1S/C19H16N2O5S3/c1-10-3-6-16(11(2)7-10)29(24,25)26-12-4-5-13-15(8-12)28-18(20-13)17-21-14(9-27-17)19(22)23/h3-8,14H,9H2,1-2H3,(H,22,23)/t14-/m1/s1. The molecule has 0 fully saturated rings.